The van der Waals surface area contributed by atoms with Crippen LogP contribution in [0.3, 0.4) is 0 Å². The van der Waals surface area contributed by atoms with Gasteiger partial charge in [0.25, 0.3) is 10.1 Å². The topological polar surface area (TPSA) is 71.1 Å². The lowest BCUT2D eigenvalue weighted by molar-refractivity contribution is -0.112. The molecule has 0 N–H and O–H groups in total. The summed E-state index contributed by atoms with van der Waals surface area (Å²) in [6.07, 6.45) is 5.60. The first-order valence-corrected chi connectivity index (χ1v) is 11.6. The minimum atomic E-state index is -3.49. The van der Waals surface area contributed by atoms with Gasteiger partial charge in [-0.2, -0.15) is 8.42 Å². The van der Waals surface area contributed by atoms with Gasteiger partial charge in [-0.15, -0.1) is 0 Å². The quantitative estimate of drug-likeness (QED) is 0.164. The molecule has 152 valence electrons. The first-order chi connectivity index (χ1) is 12.1. The van der Waals surface area contributed by atoms with Crippen molar-refractivity contribution in [3.05, 3.63) is 22.3 Å². The third-order valence-corrected chi connectivity index (χ3v) is 5.51. The molecule has 8 heteroatoms. The van der Waals surface area contributed by atoms with E-state index in [1.54, 1.807) is 14.2 Å². The number of rotatable bonds is 13. The molecule has 0 aromatic heterocycles. The van der Waals surface area contributed by atoms with Crippen molar-refractivity contribution in [3.63, 3.8) is 0 Å². The Labute approximate surface area is 171 Å². The average molecular weight is 502 g/mol. The minimum Gasteiger partial charge on any atom is -0.370 e. The second-order valence-corrected chi connectivity index (χ2v) is 9.77. The van der Waals surface area contributed by atoms with E-state index in [1.807, 2.05) is 0 Å². The highest BCUT2D eigenvalue weighted by atomic mass is 127. The van der Waals surface area contributed by atoms with Crippen molar-refractivity contribution in [2.75, 3.05) is 20.5 Å². The molecule has 0 aromatic carbocycles. The zero-order valence-corrected chi connectivity index (χ0v) is 18.9. The van der Waals surface area contributed by atoms with Crippen LogP contribution in [-0.2, 0) is 28.5 Å². The normalized spacial score (nSPS) is 22.1. The van der Waals surface area contributed by atoms with Crippen LogP contribution in [0, 0.1) is 0 Å². The summed E-state index contributed by atoms with van der Waals surface area (Å²) in [5.74, 6) is 0. The third-order valence-electron chi connectivity index (χ3n) is 4.35. The maximum Gasteiger partial charge on any atom is 0.264 e. The van der Waals surface area contributed by atoms with Crippen LogP contribution in [0.4, 0.5) is 0 Å². The van der Waals surface area contributed by atoms with E-state index in [-0.39, 0.29) is 24.6 Å². The molecule has 1 heterocycles. The van der Waals surface area contributed by atoms with E-state index in [4.69, 9.17) is 18.4 Å². The van der Waals surface area contributed by atoms with E-state index in [9.17, 15) is 8.42 Å². The van der Waals surface area contributed by atoms with E-state index in [2.05, 4.69) is 35.7 Å². The highest BCUT2D eigenvalue weighted by Gasteiger charge is 2.30. The summed E-state index contributed by atoms with van der Waals surface area (Å²) in [7, 11) is -0.243. The molecule has 0 unspecified atom stereocenters. The Hall–Kier alpha value is 0. The van der Waals surface area contributed by atoms with E-state index in [1.165, 1.54) is 0 Å². The average Bonchev–Trinajstić information content (AvgIpc) is 2.90. The van der Waals surface area contributed by atoms with Crippen LogP contribution in [0.15, 0.2) is 22.3 Å². The molecule has 0 amide bonds. The Bertz CT molecular complexity index is 558. The minimum absolute atomic E-state index is 0.0583. The number of hydrogen-bond acceptors (Lipinski definition) is 6. The fraction of sp³-hybridized carbons (Fsp3) is 0.778. The third kappa shape index (κ3) is 9.80. The molecule has 1 aliphatic rings. The standard InChI is InChI=1S/C18H31IO6S/c1-13-12-16(9-11-18(22-3)23-4)24-17(13)10-8-15(7-6-14(2)19)25-26(5,20)21/h15-18H,1-2,6-12H2,3-5H3/t15-,16-,17-/m0/s1. The van der Waals surface area contributed by atoms with Gasteiger partial charge in [-0.3, -0.25) is 4.18 Å². The molecule has 26 heavy (non-hydrogen) atoms. The van der Waals surface area contributed by atoms with Gasteiger partial charge < -0.3 is 14.2 Å². The van der Waals surface area contributed by atoms with Crippen LogP contribution in [0.2, 0.25) is 0 Å². The summed E-state index contributed by atoms with van der Waals surface area (Å²) in [5, 5.41) is 0. The van der Waals surface area contributed by atoms with Crippen LogP contribution in [-0.4, -0.2) is 53.5 Å². The van der Waals surface area contributed by atoms with Crippen molar-refractivity contribution in [2.45, 2.75) is 69.5 Å². The summed E-state index contributed by atoms with van der Waals surface area (Å²) in [6.45, 7) is 7.97. The molecule has 1 rings (SSSR count). The smallest absolute Gasteiger partial charge is 0.264 e. The van der Waals surface area contributed by atoms with Gasteiger partial charge in [-0.1, -0.05) is 13.2 Å². The van der Waals surface area contributed by atoms with Crippen LogP contribution in [0.5, 0.6) is 0 Å². The van der Waals surface area contributed by atoms with Crippen molar-refractivity contribution < 1.29 is 26.8 Å². The molecule has 3 atom stereocenters. The Balaban J connectivity index is 2.49. The van der Waals surface area contributed by atoms with Crippen LogP contribution in [0.1, 0.15) is 44.9 Å². The van der Waals surface area contributed by atoms with Crippen LogP contribution >= 0.6 is 22.6 Å². The highest BCUT2D eigenvalue weighted by molar-refractivity contribution is 14.1. The maximum atomic E-state index is 11.5. The molecule has 1 fully saturated rings. The maximum absolute atomic E-state index is 11.5. The van der Waals surface area contributed by atoms with Gasteiger partial charge in [0.2, 0.25) is 0 Å². The van der Waals surface area contributed by atoms with E-state index in [0.29, 0.717) is 19.3 Å². The van der Waals surface area contributed by atoms with Crippen molar-refractivity contribution in [3.8, 4) is 0 Å². The second kappa shape index (κ2) is 11.8. The van der Waals surface area contributed by atoms with E-state index < -0.39 is 10.1 Å². The molecule has 0 radical (unpaired) electrons. The van der Waals surface area contributed by atoms with E-state index in [0.717, 1.165) is 41.1 Å². The first-order valence-electron chi connectivity index (χ1n) is 8.74. The number of allylic oxidation sites excluding steroid dienone is 1. The van der Waals surface area contributed by atoms with Crippen LogP contribution in [0.25, 0.3) is 0 Å². The molecule has 0 spiro atoms. The summed E-state index contributed by atoms with van der Waals surface area (Å²) in [5.41, 5.74) is 1.05. The van der Waals surface area contributed by atoms with Gasteiger partial charge in [0.15, 0.2) is 6.29 Å². The fourth-order valence-corrected chi connectivity index (χ4v) is 4.04. The summed E-state index contributed by atoms with van der Waals surface area (Å²) < 4.78 is 45.7. The molecule has 0 aromatic rings. The van der Waals surface area contributed by atoms with Crippen molar-refractivity contribution in [2.24, 2.45) is 0 Å². The largest absolute Gasteiger partial charge is 0.370 e. The first kappa shape index (κ1) is 24.0. The zero-order valence-electron chi connectivity index (χ0n) is 15.9. The Kier molecular flexibility index (Phi) is 10.9. The molecular formula is C18H31IO6S. The number of hydrogen-bond donors (Lipinski definition) is 0. The van der Waals surface area contributed by atoms with Crippen LogP contribution < -0.4 is 0 Å². The lowest BCUT2D eigenvalue weighted by atomic mass is 10.0. The molecule has 0 aliphatic carbocycles. The Morgan fingerprint density at radius 3 is 2.46 bits per heavy atom. The van der Waals surface area contributed by atoms with Gasteiger partial charge in [-0.25, -0.2) is 0 Å². The summed E-state index contributed by atoms with van der Waals surface area (Å²) in [4.78, 5) is 0. The predicted octanol–water partition coefficient (Wildman–Crippen LogP) is 3.95. The van der Waals surface area contributed by atoms with Gasteiger partial charge in [0.1, 0.15) is 0 Å². The zero-order chi connectivity index (χ0) is 19.7. The Morgan fingerprint density at radius 2 is 1.92 bits per heavy atom. The summed E-state index contributed by atoms with van der Waals surface area (Å²) >= 11 is 2.15. The molecule has 1 aliphatic heterocycles. The molecule has 0 saturated carbocycles. The lowest BCUT2D eigenvalue weighted by Gasteiger charge is -2.20. The molecule has 0 bridgehead atoms. The number of halogens is 1. The van der Waals surface area contributed by atoms with Crippen molar-refractivity contribution in [1.29, 1.82) is 0 Å². The van der Waals surface area contributed by atoms with Crippen molar-refractivity contribution >= 4 is 32.7 Å². The van der Waals surface area contributed by atoms with E-state index >= 15 is 0 Å². The highest BCUT2D eigenvalue weighted by Crippen LogP contribution is 2.31. The van der Waals surface area contributed by atoms with Gasteiger partial charge in [0, 0.05) is 20.6 Å². The van der Waals surface area contributed by atoms with Crippen molar-refractivity contribution in [1.82, 2.24) is 0 Å². The molecule has 6 nitrogen and oxygen atoms in total. The molecular weight excluding hydrogens is 471 g/mol. The van der Waals surface area contributed by atoms with Gasteiger partial charge in [0.05, 0.1) is 24.6 Å². The van der Waals surface area contributed by atoms with Gasteiger partial charge >= 0.3 is 0 Å². The lowest BCUT2D eigenvalue weighted by Crippen LogP contribution is -2.21. The molecule has 1 saturated heterocycles. The second-order valence-electron chi connectivity index (χ2n) is 6.64. The fourth-order valence-electron chi connectivity index (χ4n) is 3.04. The predicted molar refractivity (Wildman–Crippen MR) is 111 cm³/mol. The number of methoxy groups -OCH3 is 2. The Morgan fingerprint density at radius 1 is 1.27 bits per heavy atom. The summed E-state index contributed by atoms with van der Waals surface area (Å²) in [6, 6.07) is 0. The SMILES string of the molecule is C=C(I)CC[C@@H](CC[C@@H]1O[C@@H](CCC(OC)OC)CC1=C)OS(C)(=O)=O. The monoisotopic (exact) mass is 502 g/mol. The number of ether oxygens (including phenoxy) is 3. The van der Waals surface area contributed by atoms with Gasteiger partial charge in [-0.05, 0) is 70.3 Å².